The Morgan fingerprint density at radius 1 is 0.654 bits per heavy atom. The first-order valence-electron chi connectivity index (χ1n) is 8.69. The fourth-order valence-corrected chi connectivity index (χ4v) is 3.88. The smallest absolute Gasteiger partial charge is 0.123 e. The minimum absolute atomic E-state index is 0.0574. The molecule has 0 spiro atoms. The second kappa shape index (κ2) is 5.88. The maximum atomic E-state index is 14.0. The molecule has 2 nitrogen and oxygen atoms in total. The second-order valence-electron chi connectivity index (χ2n) is 6.57. The lowest BCUT2D eigenvalue weighted by Gasteiger charge is -2.17. The van der Waals surface area contributed by atoms with Crippen molar-refractivity contribution in [2.75, 3.05) is 0 Å². The van der Waals surface area contributed by atoms with Crippen molar-refractivity contribution in [1.82, 2.24) is 9.97 Å². The maximum Gasteiger partial charge on any atom is 0.123 e. The molecule has 0 aliphatic carbocycles. The van der Waals surface area contributed by atoms with E-state index in [4.69, 9.17) is 0 Å². The van der Waals surface area contributed by atoms with Crippen LogP contribution in [-0.2, 0) is 0 Å². The summed E-state index contributed by atoms with van der Waals surface area (Å²) in [5.74, 6) is -0.273. The quantitative estimate of drug-likeness (QED) is 0.405. The highest BCUT2D eigenvalue weighted by atomic mass is 19.1. The Labute approximate surface area is 150 Å². The van der Waals surface area contributed by atoms with Crippen molar-refractivity contribution >= 4 is 21.8 Å². The van der Waals surface area contributed by atoms with Crippen LogP contribution in [-0.4, -0.2) is 9.97 Å². The summed E-state index contributed by atoms with van der Waals surface area (Å²) < 4.78 is 14.0. The first-order valence-corrected chi connectivity index (χ1v) is 8.69. The monoisotopic (exact) mass is 340 g/mol. The third kappa shape index (κ3) is 2.32. The number of rotatable bonds is 3. The van der Waals surface area contributed by atoms with Gasteiger partial charge in [-0.15, -0.1) is 0 Å². The Bertz CT molecular complexity index is 1140. The standard InChI is InChI=1S/C23H17FN2/c24-16-7-5-6-15(12-16)23(19-13-25-21-10-3-1-8-17(19)21)20-14-26-22-11-4-2-9-18(20)22/h1-14,23,25-26H. The van der Waals surface area contributed by atoms with Gasteiger partial charge in [-0.1, -0.05) is 48.5 Å². The molecule has 0 atom stereocenters. The van der Waals surface area contributed by atoms with Crippen LogP contribution < -0.4 is 0 Å². The fourth-order valence-electron chi connectivity index (χ4n) is 3.88. The normalized spacial score (nSPS) is 11.6. The van der Waals surface area contributed by atoms with Crippen molar-refractivity contribution in [3.63, 3.8) is 0 Å². The number of para-hydroxylation sites is 2. The molecule has 0 saturated carbocycles. The molecule has 26 heavy (non-hydrogen) atoms. The number of hydrogen-bond donors (Lipinski definition) is 2. The predicted octanol–water partition coefficient (Wildman–Crippen LogP) is 5.97. The summed E-state index contributed by atoms with van der Waals surface area (Å²) in [5.41, 5.74) is 5.42. The molecule has 0 radical (unpaired) electrons. The molecule has 126 valence electrons. The molecule has 5 rings (SSSR count). The van der Waals surface area contributed by atoms with Crippen LogP contribution in [0.15, 0.2) is 85.2 Å². The van der Waals surface area contributed by atoms with E-state index in [-0.39, 0.29) is 11.7 Å². The van der Waals surface area contributed by atoms with Gasteiger partial charge in [-0.25, -0.2) is 4.39 Å². The molecule has 0 amide bonds. The molecule has 2 N–H and O–H groups in total. The van der Waals surface area contributed by atoms with E-state index < -0.39 is 0 Å². The highest BCUT2D eigenvalue weighted by Gasteiger charge is 2.23. The molecule has 0 aliphatic heterocycles. The predicted molar refractivity (Wildman–Crippen MR) is 104 cm³/mol. The van der Waals surface area contributed by atoms with Gasteiger partial charge in [0.15, 0.2) is 0 Å². The number of aromatic nitrogens is 2. The van der Waals surface area contributed by atoms with Gasteiger partial charge in [0.05, 0.1) is 0 Å². The van der Waals surface area contributed by atoms with Crippen molar-refractivity contribution in [2.24, 2.45) is 0 Å². The van der Waals surface area contributed by atoms with Crippen LogP contribution in [0.25, 0.3) is 21.8 Å². The zero-order valence-electron chi connectivity index (χ0n) is 14.0. The van der Waals surface area contributed by atoms with E-state index >= 15 is 0 Å². The van der Waals surface area contributed by atoms with E-state index in [1.54, 1.807) is 12.1 Å². The highest BCUT2D eigenvalue weighted by molar-refractivity contribution is 5.89. The number of hydrogen-bond acceptors (Lipinski definition) is 0. The molecule has 0 aliphatic rings. The summed E-state index contributed by atoms with van der Waals surface area (Å²) in [5, 5.41) is 2.32. The Morgan fingerprint density at radius 3 is 1.81 bits per heavy atom. The maximum absolute atomic E-state index is 14.0. The molecular formula is C23H17FN2. The number of fused-ring (bicyclic) bond motifs is 2. The summed E-state index contributed by atoms with van der Waals surface area (Å²) in [7, 11) is 0. The van der Waals surface area contributed by atoms with Crippen molar-refractivity contribution < 1.29 is 4.39 Å². The number of nitrogens with one attached hydrogen (secondary N) is 2. The lowest BCUT2D eigenvalue weighted by atomic mass is 9.85. The van der Waals surface area contributed by atoms with Gasteiger partial charge in [-0.05, 0) is 41.0 Å². The topological polar surface area (TPSA) is 31.6 Å². The Balaban J connectivity index is 1.81. The molecule has 5 aromatic rings. The summed E-state index contributed by atoms with van der Waals surface area (Å²) in [6.07, 6.45) is 4.09. The lowest BCUT2D eigenvalue weighted by molar-refractivity contribution is 0.625. The Morgan fingerprint density at radius 2 is 1.23 bits per heavy atom. The minimum Gasteiger partial charge on any atom is -0.361 e. The molecular weight excluding hydrogens is 323 g/mol. The second-order valence-corrected chi connectivity index (χ2v) is 6.57. The van der Waals surface area contributed by atoms with Crippen molar-refractivity contribution in [3.05, 3.63) is 108 Å². The average molecular weight is 340 g/mol. The number of benzene rings is 3. The lowest BCUT2D eigenvalue weighted by Crippen LogP contribution is -2.02. The zero-order valence-corrected chi connectivity index (χ0v) is 14.0. The van der Waals surface area contributed by atoms with Crippen molar-refractivity contribution in [3.8, 4) is 0 Å². The van der Waals surface area contributed by atoms with Gasteiger partial charge in [-0.3, -0.25) is 0 Å². The van der Waals surface area contributed by atoms with E-state index in [2.05, 4.69) is 34.2 Å². The highest BCUT2D eigenvalue weighted by Crippen LogP contribution is 2.39. The van der Waals surface area contributed by atoms with E-state index in [0.717, 1.165) is 38.5 Å². The summed E-state index contributed by atoms with van der Waals surface area (Å²) in [6.45, 7) is 0. The third-order valence-electron chi connectivity index (χ3n) is 5.05. The largest absolute Gasteiger partial charge is 0.361 e. The SMILES string of the molecule is Fc1cccc(C(c2c[nH]c3ccccc23)c2c[nH]c3ccccc23)c1. The van der Waals surface area contributed by atoms with E-state index in [0.29, 0.717) is 0 Å². The molecule has 0 saturated heterocycles. The van der Waals surface area contributed by atoms with Crippen LogP contribution in [0.1, 0.15) is 22.6 Å². The van der Waals surface area contributed by atoms with Gasteiger partial charge in [0.1, 0.15) is 5.82 Å². The molecule has 0 fully saturated rings. The van der Waals surface area contributed by atoms with Crippen LogP contribution in [0, 0.1) is 5.82 Å². The van der Waals surface area contributed by atoms with Gasteiger partial charge in [0, 0.05) is 40.1 Å². The van der Waals surface area contributed by atoms with E-state index in [1.165, 1.54) is 6.07 Å². The third-order valence-corrected chi connectivity index (χ3v) is 5.05. The number of aromatic amines is 2. The summed E-state index contributed by atoms with van der Waals surface area (Å²) in [4.78, 5) is 6.72. The van der Waals surface area contributed by atoms with Gasteiger partial charge in [0.25, 0.3) is 0 Å². The number of H-pyrrole nitrogens is 2. The van der Waals surface area contributed by atoms with Crippen molar-refractivity contribution in [2.45, 2.75) is 5.92 Å². The van der Waals surface area contributed by atoms with Crippen LogP contribution in [0.5, 0.6) is 0 Å². The molecule has 2 heterocycles. The number of halogens is 1. The zero-order chi connectivity index (χ0) is 17.5. The van der Waals surface area contributed by atoms with E-state index in [1.807, 2.05) is 42.7 Å². The van der Waals surface area contributed by atoms with Crippen LogP contribution in [0.3, 0.4) is 0 Å². The average Bonchev–Trinajstić information content (AvgIpc) is 3.28. The van der Waals surface area contributed by atoms with Gasteiger partial charge in [0.2, 0.25) is 0 Å². The van der Waals surface area contributed by atoms with Gasteiger partial charge in [-0.2, -0.15) is 0 Å². The Kier molecular flexibility index (Phi) is 3.39. The molecule has 0 bridgehead atoms. The molecule has 2 aromatic heterocycles. The van der Waals surface area contributed by atoms with Crippen LogP contribution in [0.4, 0.5) is 4.39 Å². The molecule has 3 heteroatoms. The molecule has 3 aromatic carbocycles. The minimum atomic E-state index is -0.216. The van der Waals surface area contributed by atoms with Gasteiger partial charge < -0.3 is 9.97 Å². The first kappa shape index (κ1) is 15.0. The van der Waals surface area contributed by atoms with E-state index in [9.17, 15) is 4.39 Å². The van der Waals surface area contributed by atoms with Crippen LogP contribution in [0.2, 0.25) is 0 Å². The Hall–Kier alpha value is -3.33. The van der Waals surface area contributed by atoms with Gasteiger partial charge >= 0.3 is 0 Å². The summed E-state index contributed by atoms with van der Waals surface area (Å²) in [6, 6.07) is 23.4. The van der Waals surface area contributed by atoms with Crippen molar-refractivity contribution in [1.29, 1.82) is 0 Å². The first-order chi connectivity index (χ1) is 12.8. The van der Waals surface area contributed by atoms with Crippen LogP contribution >= 0.6 is 0 Å². The fraction of sp³-hybridized carbons (Fsp3) is 0.0435. The molecule has 0 unspecified atom stereocenters. The summed E-state index contributed by atoms with van der Waals surface area (Å²) >= 11 is 0.